The van der Waals surface area contributed by atoms with Gasteiger partial charge in [-0.25, -0.2) is 18.1 Å². The Morgan fingerprint density at radius 1 is 1.43 bits per heavy atom. The summed E-state index contributed by atoms with van der Waals surface area (Å²) in [5.41, 5.74) is 8.87. The molecule has 3 N–H and O–H groups in total. The van der Waals surface area contributed by atoms with Gasteiger partial charge in [-0.1, -0.05) is 6.07 Å². The van der Waals surface area contributed by atoms with Gasteiger partial charge in [0, 0.05) is 24.9 Å². The van der Waals surface area contributed by atoms with Gasteiger partial charge in [0.15, 0.2) is 0 Å². The maximum atomic E-state index is 12.4. The number of nitrogens with zero attached hydrogens (tertiary/aromatic N) is 1. The third-order valence-electron chi connectivity index (χ3n) is 2.91. The van der Waals surface area contributed by atoms with Crippen molar-refractivity contribution in [3.8, 4) is 5.75 Å². The highest BCUT2D eigenvalue weighted by molar-refractivity contribution is 7.89. The lowest BCUT2D eigenvalue weighted by atomic mass is 10.2. The first-order valence-corrected chi connectivity index (χ1v) is 8.73. The van der Waals surface area contributed by atoms with Crippen LogP contribution < -0.4 is 15.2 Å². The number of nitrogens with two attached hydrogens (primary N) is 1. The van der Waals surface area contributed by atoms with Crippen LogP contribution in [0.15, 0.2) is 34.0 Å². The summed E-state index contributed by atoms with van der Waals surface area (Å²) in [7, 11) is -2.21. The van der Waals surface area contributed by atoms with Gasteiger partial charge in [-0.05, 0) is 17.7 Å². The number of nitrogens with one attached hydrogen (secondary N) is 1. The Bertz CT molecular complexity index is 685. The highest BCUT2D eigenvalue weighted by atomic mass is 32.2. The number of methoxy groups -OCH3 is 1. The number of sulfonamides is 1. The molecule has 2 rings (SSSR count). The van der Waals surface area contributed by atoms with Crippen LogP contribution in [0.4, 0.5) is 0 Å². The van der Waals surface area contributed by atoms with Crippen molar-refractivity contribution in [3.05, 3.63) is 40.3 Å². The molecule has 0 saturated heterocycles. The number of ether oxygens (including phenoxy) is 1. The zero-order valence-corrected chi connectivity index (χ0v) is 13.2. The molecule has 0 bridgehead atoms. The van der Waals surface area contributed by atoms with Crippen molar-refractivity contribution in [1.82, 2.24) is 9.71 Å². The van der Waals surface area contributed by atoms with Crippen molar-refractivity contribution in [3.63, 3.8) is 0 Å². The van der Waals surface area contributed by atoms with E-state index >= 15 is 0 Å². The van der Waals surface area contributed by atoms with Gasteiger partial charge in [-0.3, -0.25) is 0 Å². The minimum absolute atomic E-state index is 0.103. The fourth-order valence-electron chi connectivity index (χ4n) is 1.81. The maximum Gasteiger partial charge on any atom is 0.244 e. The van der Waals surface area contributed by atoms with E-state index in [2.05, 4.69) is 9.71 Å². The van der Waals surface area contributed by atoms with Crippen molar-refractivity contribution in [2.45, 2.75) is 17.9 Å². The van der Waals surface area contributed by atoms with Crippen LogP contribution in [0.25, 0.3) is 0 Å². The molecular weight excluding hydrogens is 310 g/mol. The molecule has 0 aliphatic carbocycles. The predicted octanol–water partition coefficient (Wildman–Crippen LogP) is 1.13. The molecule has 1 aromatic heterocycles. The molecule has 2 aromatic rings. The first kappa shape index (κ1) is 15.9. The van der Waals surface area contributed by atoms with Gasteiger partial charge in [0.1, 0.15) is 10.6 Å². The largest absolute Gasteiger partial charge is 0.495 e. The average molecular weight is 327 g/mol. The Balaban J connectivity index is 2.14. The minimum atomic E-state index is -3.64. The lowest BCUT2D eigenvalue weighted by Crippen LogP contribution is -2.26. The molecule has 114 valence electrons. The van der Waals surface area contributed by atoms with E-state index in [0.717, 1.165) is 11.3 Å². The van der Waals surface area contributed by atoms with E-state index in [-0.39, 0.29) is 18.0 Å². The molecule has 1 aromatic carbocycles. The van der Waals surface area contributed by atoms with Crippen molar-refractivity contribution >= 4 is 21.4 Å². The van der Waals surface area contributed by atoms with Gasteiger partial charge in [0.25, 0.3) is 0 Å². The normalized spacial score (nSPS) is 11.5. The van der Waals surface area contributed by atoms with E-state index in [1.807, 2.05) is 5.38 Å². The summed E-state index contributed by atoms with van der Waals surface area (Å²) in [6, 6.07) is 4.88. The number of benzene rings is 1. The SMILES string of the molecule is COc1ccc(CN)cc1S(=O)(=O)NCCc1cscn1. The first-order valence-electron chi connectivity index (χ1n) is 6.30. The van der Waals surface area contributed by atoms with Crippen molar-refractivity contribution in [2.24, 2.45) is 5.73 Å². The van der Waals surface area contributed by atoms with Crippen LogP contribution in [-0.2, 0) is 23.0 Å². The molecule has 0 saturated carbocycles. The second kappa shape index (κ2) is 6.99. The van der Waals surface area contributed by atoms with Gasteiger partial charge in [-0.15, -0.1) is 11.3 Å². The summed E-state index contributed by atoms with van der Waals surface area (Å²) < 4.78 is 32.4. The molecule has 6 nitrogen and oxygen atoms in total. The van der Waals surface area contributed by atoms with Gasteiger partial charge < -0.3 is 10.5 Å². The Labute approximate surface area is 128 Å². The van der Waals surface area contributed by atoms with Crippen molar-refractivity contribution in [2.75, 3.05) is 13.7 Å². The topological polar surface area (TPSA) is 94.3 Å². The smallest absolute Gasteiger partial charge is 0.244 e. The Morgan fingerprint density at radius 3 is 2.86 bits per heavy atom. The molecule has 0 amide bonds. The maximum absolute atomic E-state index is 12.4. The van der Waals surface area contributed by atoms with Crippen LogP contribution in [-0.4, -0.2) is 27.1 Å². The van der Waals surface area contributed by atoms with E-state index in [9.17, 15) is 8.42 Å². The molecule has 0 atom stereocenters. The Morgan fingerprint density at radius 2 is 2.24 bits per heavy atom. The van der Waals surface area contributed by atoms with E-state index < -0.39 is 10.0 Å². The number of hydrogen-bond acceptors (Lipinski definition) is 6. The number of hydrogen-bond donors (Lipinski definition) is 2. The van der Waals surface area contributed by atoms with E-state index in [1.54, 1.807) is 17.6 Å². The second-order valence-corrected chi connectivity index (χ2v) is 6.77. The molecule has 1 heterocycles. The Hall–Kier alpha value is -1.48. The van der Waals surface area contributed by atoms with Crippen molar-refractivity contribution in [1.29, 1.82) is 0 Å². The molecular formula is C13H17N3O3S2. The highest BCUT2D eigenvalue weighted by Crippen LogP contribution is 2.24. The molecule has 0 aliphatic heterocycles. The van der Waals surface area contributed by atoms with Gasteiger partial charge in [0.2, 0.25) is 10.0 Å². The average Bonchev–Trinajstić information content (AvgIpc) is 2.99. The first-order chi connectivity index (χ1) is 10.1. The third kappa shape index (κ3) is 4.01. The van der Waals surface area contributed by atoms with Crippen molar-refractivity contribution < 1.29 is 13.2 Å². The molecule has 8 heteroatoms. The van der Waals surface area contributed by atoms with Crippen LogP contribution in [0.5, 0.6) is 5.75 Å². The second-order valence-electron chi connectivity index (χ2n) is 4.32. The van der Waals surface area contributed by atoms with Gasteiger partial charge >= 0.3 is 0 Å². The summed E-state index contributed by atoms with van der Waals surface area (Å²) in [6.07, 6.45) is 0.543. The minimum Gasteiger partial charge on any atom is -0.495 e. The quantitative estimate of drug-likeness (QED) is 0.795. The summed E-state index contributed by atoms with van der Waals surface area (Å²) in [5, 5.41) is 1.89. The van der Waals surface area contributed by atoms with E-state index in [4.69, 9.17) is 10.5 Å². The summed E-state index contributed by atoms with van der Waals surface area (Å²) in [4.78, 5) is 4.22. The predicted molar refractivity (Wildman–Crippen MR) is 81.9 cm³/mol. The van der Waals surface area contributed by atoms with Crippen LogP contribution in [0.2, 0.25) is 0 Å². The monoisotopic (exact) mass is 327 g/mol. The Kier molecular flexibility index (Phi) is 5.29. The standard InChI is InChI=1S/C13H17N3O3S2/c1-19-12-3-2-10(7-14)6-13(12)21(17,18)16-5-4-11-8-20-9-15-11/h2-3,6,8-9,16H,4-5,7,14H2,1H3. The molecule has 0 radical (unpaired) electrons. The summed E-state index contributed by atoms with van der Waals surface area (Å²) in [5.74, 6) is 0.299. The zero-order chi connectivity index (χ0) is 15.3. The lowest BCUT2D eigenvalue weighted by Gasteiger charge is -2.11. The molecule has 0 aliphatic rings. The lowest BCUT2D eigenvalue weighted by molar-refractivity contribution is 0.402. The summed E-state index contributed by atoms with van der Waals surface area (Å²) in [6.45, 7) is 0.549. The van der Waals surface area contributed by atoms with Crippen LogP contribution in [0.3, 0.4) is 0 Å². The molecule has 0 fully saturated rings. The zero-order valence-electron chi connectivity index (χ0n) is 11.6. The van der Waals surface area contributed by atoms with Crippen LogP contribution in [0, 0.1) is 0 Å². The number of thiazole rings is 1. The fourth-order valence-corrected chi connectivity index (χ4v) is 3.65. The third-order valence-corrected chi connectivity index (χ3v) is 5.03. The van der Waals surface area contributed by atoms with Crippen LogP contribution in [0.1, 0.15) is 11.3 Å². The molecule has 0 unspecified atom stereocenters. The molecule has 21 heavy (non-hydrogen) atoms. The van der Waals surface area contributed by atoms with Gasteiger partial charge in [-0.2, -0.15) is 0 Å². The summed E-state index contributed by atoms with van der Waals surface area (Å²) >= 11 is 1.48. The van der Waals surface area contributed by atoms with E-state index in [1.165, 1.54) is 24.5 Å². The highest BCUT2D eigenvalue weighted by Gasteiger charge is 2.19. The van der Waals surface area contributed by atoms with Gasteiger partial charge in [0.05, 0.1) is 18.3 Å². The molecule has 0 spiro atoms. The number of rotatable bonds is 7. The fraction of sp³-hybridized carbons (Fsp3) is 0.308. The van der Waals surface area contributed by atoms with E-state index in [0.29, 0.717) is 12.2 Å². The van der Waals surface area contributed by atoms with Crippen LogP contribution >= 0.6 is 11.3 Å². The number of aromatic nitrogens is 1.